The van der Waals surface area contributed by atoms with Crippen LogP contribution in [0.1, 0.15) is 33.8 Å². The van der Waals surface area contributed by atoms with Crippen LogP contribution in [0.15, 0.2) is 48.5 Å². The van der Waals surface area contributed by atoms with E-state index >= 15 is 0 Å². The van der Waals surface area contributed by atoms with Crippen LogP contribution in [0.5, 0.6) is 0 Å². The molecule has 5 heteroatoms. The topological polar surface area (TPSA) is 66.4 Å². The lowest BCUT2D eigenvalue weighted by molar-refractivity contribution is -0.122. The average Bonchev–Trinajstić information content (AvgIpc) is 3.36. The van der Waals surface area contributed by atoms with Crippen LogP contribution in [-0.4, -0.2) is 23.5 Å². The molecule has 3 rings (SSSR count). The molecule has 2 N–H and O–H groups in total. The molecule has 0 aliphatic heterocycles. The number of hydrogen-bond donors (Lipinski definition) is 2. The minimum Gasteiger partial charge on any atom is -0.478 e. The van der Waals surface area contributed by atoms with Crippen LogP contribution in [0.25, 0.3) is 0 Å². The molecule has 1 amide bonds. The molecule has 2 aromatic carbocycles. The molecule has 24 heavy (non-hydrogen) atoms. The molecule has 0 spiro atoms. The zero-order chi connectivity index (χ0) is 17.1. The van der Waals surface area contributed by atoms with E-state index in [4.69, 9.17) is 16.7 Å². The SMILES string of the molecule is O=C(O)c1ccc(CCNC(=O)C2CC2c2cccc(Cl)c2)cc1. The first-order valence-corrected chi connectivity index (χ1v) is 8.28. The first kappa shape index (κ1) is 16.5. The van der Waals surface area contributed by atoms with Crippen molar-refractivity contribution in [1.82, 2.24) is 5.32 Å². The van der Waals surface area contributed by atoms with E-state index in [1.807, 2.05) is 24.3 Å². The van der Waals surface area contributed by atoms with E-state index in [0.717, 1.165) is 17.5 Å². The summed E-state index contributed by atoms with van der Waals surface area (Å²) in [5, 5.41) is 12.5. The maximum atomic E-state index is 12.2. The van der Waals surface area contributed by atoms with Crippen molar-refractivity contribution < 1.29 is 14.7 Å². The summed E-state index contributed by atoms with van der Waals surface area (Å²) in [5.74, 6) is -0.575. The van der Waals surface area contributed by atoms with Crippen molar-refractivity contribution in [3.63, 3.8) is 0 Å². The fourth-order valence-electron chi connectivity index (χ4n) is 2.87. The smallest absolute Gasteiger partial charge is 0.335 e. The Morgan fingerprint density at radius 2 is 1.92 bits per heavy atom. The Bertz CT molecular complexity index is 757. The number of benzene rings is 2. The molecule has 2 unspecified atom stereocenters. The summed E-state index contributed by atoms with van der Waals surface area (Å²) >= 11 is 5.99. The van der Waals surface area contributed by atoms with Crippen LogP contribution >= 0.6 is 11.6 Å². The van der Waals surface area contributed by atoms with Gasteiger partial charge in [0.15, 0.2) is 0 Å². The first-order chi connectivity index (χ1) is 11.5. The normalized spacial score (nSPS) is 18.9. The summed E-state index contributed by atoms with van der Waals surface area (Å²) in [5.41, 5.74) is 2.39. The van der Waals surface area contributed by atoms with Gasteiger partial charge in [-0.05, 0) is 54.2 Å². The van der Waals surface area contributed by atoms with Gasteiger partial charge in [0, 0.05) is 17.5 Å². The number of halogens is 1. The molecule has 0 saturated heterocycles. The van der Waals surface area contributed by atoms with Crippen molar-refractivity contribution in [3.8, 4) is 0 Å². The summed E-state index contributed by atoms with van der Waals surface area (Å²) in [6, 6.07) is 14.4. The van der Waals surface area contributed by atoms with Crippen molar-refractivity contribution in [1.29, 1.82) is 0 Å². The molecule has 2 aromatic rings. The summed E-state index contributed by atoms with van der Waals surface area (Å²) in [4.78, 5) is 23.0. The summed E-state index contributed by atoms with van der Waals surface area (Å²) < 4.78 is 0. The molecule has 1 fully saturated rings. The molecule has 1 saturated carbocycles. The van der Waals surface area contributed by atoms with Crippen LogP contribution < -0.4 is 5.32 Å². The van der Waals surface area contributed by atoms with Crippen LogP contribution in [0.4, 0.5) is 0 Å². The third-order valence-electron chi connectivity index (χ3n) is 4.32. The van der Waals surface area contributed by atoms with Gasteiger partial charge in [0.1, 0.15) is 0 Å². The van der Waals surface area contributed by atoms with E-state index in [-0.39, 0.29) is 23.3 Å². The molecule has 0 bridgehead atoms. The Labute approximate surface area is 145 Å². The summed E-state index contributed by atoms with van der Waals surface area (Å²) in [6.07, 6.45) is 1.54. The zero-order valence-corrected chi connectivity index (χ0v) is 13.8. The molecule has 1 aliphatic rings. The molecule has 0 radical (unpaired) electrons. The second-order valence-corrected chi connectivity index (χ2v) is 6.48. The quantitative estimate of drug-likeness (QED) is 0.843. The number of carboxylic acid groups (broad SMARTS) is 1. The highest BCUT2D eigenvalue weighted by Gasteiger charge is 2.43. The van der Waals surface area contributed by atoms with Gasteiger partial charge < -0.3 is 10.4 Å². The van der Waals surface area contributed by atoms with Gasteiger partial charge in [-0.2, -0.15) is 0 Å². The Morgan fingerprint density at radius 1 is 1.17 bits per heavy atom. The molecule has 124 valence electrons. The third-order valence-corrected chi connectivity index (χ3v) is 4.55. The predicted octanol–water partition coefficient (Wildman–Crippen LogP) is 3.50. The second kappa shape index (κ2) is 7.05. The third kappa shape index (κ3) is 3.95. The lowest BCUT2D eigenvalue weighted by Crippen LogP contribution is -2.27. The van der Waals surface area contributed by atoms with Crippen LogP contribution in [-0.2, 0) is 11.2 Å². The van der Waals surface area contributed by atoms with Gasteiger partial charge in [0.05, 0.1) is 5.56 Å². The van der Waals surface area contributed by atoms with Crippen molar-refractivity contribution >= 4 is 23.5 Å². The highest BCUT2D eigenvalue weighted by Crippen LogP contribution is 2.47. The van der Waals surface area contributed by atoms with Gasteiger partial charge >= 0.3 is 5.97 Å². The summed E-state index contributed by atoms with van der Waals surface area (Å²) in [7, 11) is 0. The molecule has 0 aromatic heterocycles. The maximum absolute atomic E-state index is 12.2. The molecule has 4 nitrogen and oxygen atoms in total. The minimum atomic E-state index is -0.935. The largest absolute Gasteiger partial charge is 0.478 e. The Balaban J connectivity index is 1.46. The van der Waals surface area contributed by atoms with Gasteiger partial charge in [-0.3, -0.25) is 4.79 Å². The number of rotatable bonds is 6. The number of carbonyl (C=O) groups is 2. The minimum absolute atomic E-state index is 0.0258. The van der Waals surface area contributed by atoms with Gasteiger partial charge in [0.2, 0.25) is 5.91 Å². The number of carboxylic acids is 1. The van der Waals surface area contributed by atoms with E-state index in [1.165, 1.54) is 0 Å². The van der Waals surface area contributed by atoms with Crippen LogP contribution in [0.2, 0.25) is 5.02 Å². The van der Waals surface area contributed by atoms with Crippen molar-refractivity contribution in [3.05, 3.63) is 70.2 Å². The van der Waals surface area contributed by atoms with E-state index in [0.29, 0.717) is 18.0 Å². The van der Waals surface area contributed by atoms with Gasteiger partial charge in [-0.25, -0.2) is 4.79 Å². The highest BCUT2D eigenvalue weighted by atomic mass is 35.5. The van der Waals surface area contributed by atoms with E-state index < -0.39 is 5.97 Å². The lowest BCUT2D eigenvalue weighted by Gasteiger charge is -2.06. The lowest BCUT2D eigenvalue weighted by atomic mass is 10.1. The fourth-order valence-corrected chi connectivity index (χ4v) is 3.06. The molecule has 2 atom stereocenters. The van der Waals surface area contributed by atoms with Gasteiger partial charge in [-0.15, -0.1) is 0 Å². The number of hydrogen-bond acceptors (Lipinski definition) is 2. The molecular weight excluding hydrogens is 326 g/mol. The molecule has 1 aliphatic carbocycles. The standard InChI is InChI=1S/C19H18ClNO3/c20-15-3-1-2-14(10-15)16-11-17(16)18(22)21-9-8-12-4-6-13(7-5-12)19(23)24/h1-7,10,16-17H,8-9,11H2,(H,21,22)(H,23,24). The van der Waals surface area contributed by atoms with Crippen LogP contribution in [0, 0.1) is 5.92 Å². The monoisotopic (exact) mass is 343 g/mol. The Morgan fingerprint density at radius 3 is 2.58 bits per heavy atom. The van der Waals surface area contributed by atoms with Crippen molar-refractivity contribution in [2.75, 3.05) is 6.54 Å². The molecule has 0 heterocycles. The van der Waals surface area contributed by atoms with E-state index in [1.54, 1.807) is 24.3 Å². The second-order valence-electron chi connectivity index (χ2n) is 6.05. The van der Waals surface area contributed by atoms with Crippen LogP contribution in [0.3, 0.4) is 0 Å². The van der Waals surface area contributed by atoms with Gasteiger partial charge in [0.25, 0.3) is 0 Å². The average molecular weight is 344 g/mol. The first-order valence-electron chi connectivity index (χ1n) is 7.90. The van der Waals surface area contributed by atoms with E-state index in [2.05, 4.69) is 5.32 Å². The number of amides is 1. The number of nitrogens with one attached hydrogen (secondary N) is 1. The molecular formula is C19H18ClNO3. The maximum Gasteiger partial charge on any atom is 0.335 e. The Kier molecular flexibility index (Phi) is 4.86. The number of carbonyl (C=O) groups excluding carboxylic acids is 1. The van der Waals surface area contributed by atoms with Crippen molar-refractivity contribution in [2.24, 2.45) is 5.92 Å². The van der Waals surface area contributed by atoms with E-state index in [9.17, 15) is 9.59 Å². The number of aromatic carboxylic acids is 1. The zero-order valence-electron chi connectivity index (χ0n) is 13.0. The highest BCUT2D eigenvalue weighted by molar-refractivity contribution is 6.30. The van der Waals surface area contributed by atoms with Crippen molar-refractivity contribution in [2.45, 2.75) is 18.8 Å². The fraction of sp³-hybridized carbons (Fsp3) is 0.263. The predicted molar refractivity (Wildman–Crippen MR) is 92.4 cm³/mol. The Hall–Kier alpha value is -2.33. The summed E-state index contributed by atoms with van der Waals surface area (Å²) in [6.45, 7) is 0.546. The van der Waals surface area contributed by atoms with Gasteiger partial charge in [-0.1, -0.05) is 35.9 Å².